The Kier molecular flexibility index (Phi) is 7.12. The fraction of sp³-hybridized carbons (Fsp3) is 0.227. The second-order valence-electron chi connectivity index (χ2n) is 6.61. The van der Waals surface area contributed by atoms with E-state index >= 15 is 0 Å². The van der Waals surface area contributed by atoms with E-state index in [9.17, 15) is 9.59 Å². The number of nitrogens with zero attached hydrogens (tertiary/aromatic N) is 2. The minimum atomic E-state index is -0.284. The molecule has 5 nitrogen and oxygen atoms in total. The number of hydrogen-bond acceptors (Lipinski definition) is 4. The van der Waals surface area contributed by atoms with Crippen LogP contribution < -0.4 is 5.32 Å². The molecule has 0 spiro atoms. The molecule has 0 bridgehead atoms. The zero-order valence-corrected chi connectivity index (χ0v) is 17.8. The van der Waals surface area contributed by atoms with Crippen LogP contribution in [0, 0.1) is 0 Å². The lowest BCUT2D eigenvalue weighted by atomic mass is 10.0. The van der Waals surface area contributed by atoms with Gasteiger partial charge < -0.3 is 5.32 Å². The molecule has 1 atom stereocenters. The Bertz CT molecular complexity index is 984. The molecule has 0 radical (unpaired) electrons. The highest BCUT2D eigenvalue weighted by atomic mass is 35.5. The number of ketones is 1. The lowest BCUT2D eigenvalue weighted by Gasteiger charge is -2.12. The number of rotatable bonds is 8. The predicted octanol–water partition coefficient (Wildman–Crippen LogP) is 4.57. The van der Waals surface area contributed by atoms with Crippen LogP contribution in [0.2, 0.25) is 5.02 Å². The van der Waals surface area contributed by atoms with Crippen LogP contribution in [-0.2, 0) is 11.2 Å². The molecule has 1 amide bonds. The van der Waals surface area contributed by atoms with Crippen molar-refractivity contribution in [1.29, 1.82) is 0 Å². The van der Waals surface area contributed by atoms with Gasteiger partial charge >= 0.3 is 0 Å². The van der Waals surface area contributed by atoms with Crippen LogP contribution in [0.15, 0.2) is 66.1 Å². The number of imidazole rings is 1. The van der Waals surface area contributed by atoms with E-state index in [0.717, 1.165) is 22.8 Å². The number of nitrogens with one attached hydrogen (secondary N) is 1. The van der Waals surface area contributed by atoms with Crippen LogP contribution in [0.1, 0.15) is 29.8 Å². The monoisotopic (exact) mass is 427 g/mol. The van der Waals surface area contributed by atoms with Crippen LogP contribution in [-0.4, -0.2) is 33.0 Å². The molecule has 150 valence electrons. The first kappa shape index (κ1) is 21.1. The zero-order chi connectivity index (χ0) is 20.8. The van der Waals surface area contributed by atoms with Gasteiger partial charge in [0.1, 0.15) is 0 Å². The van der Waals surface area contributed by atoms with Gasteiger partial charge in [-0.1, -0.05) is 47.6 Å². The Morgan fingerprint density at radius 2 is 1.83 bits per heavy atom. The van der Waals surface area contributed by atoms with E-state index in [4.69, 9.17) is 11.6 Å². The Balaban J connectivity index is 1.65. The van der Waals surface area contributed by atoms with Crippen LogP contribution in [0.25, 0.3) is 5.69 Å². The average Bonchev–Trinajstić information content (AvgIpc) is 3.16. The number of halogens is 1. The van der Waals surface area contributed by atoms with Crippen LogP contribution in [0.4, 0.5) is 0 Å². The Morgan fingerprint density at radius 1 is 1.14 bits per heavy atom. The topological polar surface area (TPSA) is 64.0 Å². The Morgan fingerprint density at radius 3 is 2.48 bits per heavy atom. The van der Waals surface area contributed by atoms with E-state index in [1.54, 1.807) is 6.20 Å². The number of hydrogen-bond donors (Lipinski definition) is 1. The van der Waals surface area contributed by atoms with E-state index in [2.05, 4.69) is 10.3 Å². The molecule has 0 saturated carbocycles. The Labute approximate surface area is 179 Å². The van der Waals surface area contributed by atoms with Gasteiger partial charge in [-0.05, 0) is 43.2 Å². The molecule has 7 heteroatoms. The summed E-state index contributed by atoms with van der Waals surface area (Å²) in [5.74, 6) is 0.00803. The molecular weight excluding hydrogens is 406 g/mol. The van der Waals surface area contributed by atoms with Crippen molar-refractivity contribution in [3.05, 3.63) is 77.1 Å². The van der Waals surface area contributed by atoms with Gasteiger partial charge in [-0.15, -0.1) is 0 Å². The fourth-order valence-electron chi connectivity index (χ4n) is 2.84. The fourth-order valence-corrected chi connectivity index (χ4v) is 3.93. The lowest BCUT2D eigenvalue weighted by molar-refractivity contribution is -0.118. The van der Waals surface area contributed by atoms with E-state index in [1.807, 2.05) is 66.2 Å². The van der Waals surface area contributed by atoms with Gasteiger partial charge in [0.25, 0.3) is 0 Å². The summed E-state index contributed by atoms with van der Waals surface area (Å²) in [5, 5.41) is 3.91. The first-order valence-corrected chi connectivity index (χ1v) is 10.5. The van der Waals surface area contributed by atoms with Gasteiger partial charge in [0.2, 0.25) is 5.91 Å². The summed E-state index contributed by atoms with van der Waals surface area (Å²) in [7, 11) is 0. The molecule has 0 saturated heterocycles. The third kappa shape index (κ3) is 5.71. The minimum absolute atomic E-state index is 0.0420. The highest BCUT2D eigenvalue weighted by Gasteiger charge is 2.19. The second kappa shape index (κ2) is 9.76. The van der Waals surface area contributed by atoms with E-state index in [0.29, 0.717) is 17.1 Å². The first-order valence-electron chi connectivity index (χ1n) is 9.27. The number of Topliss-reactive ketones (excluding diaryl/α,β-unsaturated/α-hetero) is 1. The highest BCUT2D eigenvalue weighted by Crippen LogP contribution is 2.27. The predicted molar refractivity (Wildman–Crippen MR) is 117 cm³/mol. The van der Waals surface area contributed by atoms with Gasteiger partial charge in [-0.2, -0.15) is 0 Å². The maximum absolute atomic E-state index is 12.8. The number of thioether (sulfide) groups is 1. The third-order valence-corrected chi connectivity index (χ3v) is 5.72. The van der Waals surface area contributed by atoms with E-state index in [1.165, 1.54) is 18.7 Å². The summed E-state index contributed by atoms with van der Waals surface area (Å²) in [6.07, 6.45) is 4.32. The van der Waals surface area contributed by atoms with Gasteiger partial charge in [0.15, 0.2) is 10.9 Å². The molecule has 0 aliphatic rings. The summed E-state index contributed by atoms with van der Waals surface area (Å²) in [6.45, 7) is 3.97. The molecule has 1 N–H and O–H groups in total. The molecule has 3 aromatic rings. The molecule has 3 rings (SSSR count). The maximum Gasteiger partial charge on any atom is 0.216 e. The van der Waals surface area contributed by atoms with Crippen molar-refractivity contribution in [1.82, 2.24) is 14.9 Å². The molecule has 1 unspecified atom stereocenters. The number of carbonyl (C=O) groups excluding carboxylic acids is 2. The minimum Gasteiger partial charge on any atom is -0.356 e. The normalized spacial score (nSPS) is 11.8. The molecular formula is C22H22ClN3O2S. The second-order valence-corrected chi connectivity index (χ2v) is 8.35. The summed E-state index contributed by atoms with van der Waals surface area (Å²) in [6, 6.07) is 15.0. The molecule has 1 heterocycles. The quantitative estimate of drug-likeness (QED) is 0.422. The molecule has 2 aromatic carbocycles. The number of carbonyl (C=O) groups is 2. The standard InChI is InChI=1S/C22H22ClN3O2S/c1-15(21(28)18-5-3-17(4-6-18)11-12-24-16(2)27)29-22-25-13-14-26(22)20-9-7-19(23)8-10-20/h3-10,13-15H,11-12H2,1-2H3,(H,24,27). The van der Waals surface area contributed by atoms with Crippen molar-refractivity contribution < 1.29 is 9.59 Å². The zero-order valence-electron chi connectivity index (χ0n) is 16.3. The lowest BCUT2D eigenvalue weighted by Crippen LogP contribution is -2.22. The van der Waals surface area contributed by atoms with Crippen molar-refractivity contribution in [2.45, 2.75) is 30.7 Å². The molecule has 0 aliphatic heterocycles. The van der Waals surface area contributed by atoms with Crippen LogP contribution >= 0.6 is 23.4 Å². The van der Waals surface area contributed by atoms with Gasteiger partial charge in [0, 0.05) is 42.1 Å². The van der Waals surface area contributed by atoms with E-state index < -0.39 is 0 Å². The largest absolute Gasteiger partial charge is 0.356 e. The summed E-state index contributed by atoms with van der Waals surface area (Å²) in [4.78, 5) is 28.2. The highest BCUT2D eigenvalue weighted by molar-refractivity contribution is 8.00. The van der Waals surface area contributed by atoms with Crippen LogP contribution in [0.5, 0.6) is 0 Å². The SMILES string of the molecule is CC(=O)NCCc1ccc(C(=O)C(C)Sc2nccn2-c2ccc(Cl)cc2)cc1. The Hall–Kier alpha value is -2.57. The maximum atomic E-state index is 12.8. The summed E-state index contributed by atoms with van der Waals surface area (Å²) < 4.78 is 1.94. The molecule has 1 aromatic heterocycles. The molecule has 0 fully saturated rings. The van der Waals surface area contributed by atoms with E-state index in [-0.39, 0.29) is 16.9 Å². The smallest absolute Gasteiger partial charge is 0.216 e. The van der Waals surface area contributed by atoms with Gasteiger partial charge in [-0.3, -0.25) is 14.2 Å². The number of aromatic nitrogens is 2. The van der Waals surface area contributed by atoms with Crippen molar-refractivity contribution >= 4 is 35.1 Å². The molecule has 29 heavy (non-hydrogen) atoms. The number of amides is 1. The third-order valence-electron chi connectivity index (χ3n) is 4.39. The van der Waals surface area contributed by atoms with Gasteiger partial charge in [-0.25, -0.2) is 4.98 Å². The average molecular weight is 428 g/mol. The van der Waals surface area contributed by atoms with Crippen molar-refractivity contribution in [3.8, 4) is 5.69 Å². The summed E-state index contributed by atoms with van der Waals surface area (Å²) in [5.41, 5.74) is 2.68. The van der Waals surface area contributed by atoms with Gasteiger partial charge in [0.05, 0.1) is 5.25 Å². The number of benzene rings is 2. The summed E-state index contributed by atoms with van der Waals surface area (Å²) >= 11 is 7.39. The van der Waals surface area contributed by atoms with Crippen LogP contribution in [0.3, 0.4) is 0 Å². The molecule has 0 aliphatic carbocycles. The van der Waals surface area contributed by atoms with Crippen molar-refractivity contribution in [3.63, 3.8) is 0 Å². The first-order chi connectivity index (χ1) is 13.9. The van der Waals surface area contributed by atoms with Crippen molar-refractivity contribution in [2.24, 2.45) is 0 Å². The van der Waals surface area contributed by atoms with Crippen molar-refractivity contribution in [2.75, 3.05) is 6.54 Å².